The molecule has 1 saturated heterocycles. The zero-order valence-electron chi connectivity index (χ0n) is 14.3. The van der Waals surface area contributed by atoms with Crippen molar-refractivity contribution >= 4 is 5.96 Å². The lowest BCUT2D eigenvalue weighted by Crippen LogP contribution is -2.45. The number of nitrogens with zero attached hydrogens (tertiary/aromatic N) is 2. The van der Waals surface area contributed by atoms with Crippen LogP contribution in [0.2, 0.25) is 0 Å². The summed E-state index contributed by atoms with van der Waals surface area (Å²) in [6, 6.07) is 0. The van der Waals surface area contributed by atoms with E-state index in [1.807, 2.05) is 0 Å². The molecule has 0 aromatic carbocycles. The fourth-order valence-electron chi connectivity index (χ4n) is 2.37. The summed E-state index contributed by atoms with van der Waals surface area (Å²) >= 11 is 0. The molecular formula is C16H28N4O2. The first kappa shape index (κ1) is 16.8. The van der Waals surface area contributed by atoms with Gasteiger partial charge in [-0.15, -0.1) is 0 Å². The van der Waals surface area contributed by atoms with Gasteiger partial charge in [-0.05, 0) is 19.8 Å². The Labute approximate surface area is 132 Å². The Kier molecular flexibility index (Phi) is 5.11. The van der Waals surface area contributed by atoms with Crippen LogP contribution in [0.1, 0.15) is 52.2 Å². The molecule has 0 spiro atoms. The largest absolute Gasteiger partial charge is 0.443 e. The second-order valence-corrected chi connectivity index (χ2v) is 7.05. The van der Waals surface area contributed by atoms with Crippen LogP contribution >= 0.6 is 0 Å². The molecule has 1 atom stereocenters. The van der Waals surface area contributed by atoms with E-state index < -0.39 is 0 Å². The van der Waals surface area contributed by atoms with E-state index in [2.05, 4.69) is 48.3 Å². The van der Waals surface area contributed by atoms with Gasteiger partial charge in [0.15, 0.2) is 5.96 Å². The Morgan fingerprint density at radius 1 is 1.41 bits per heavy atom. The molecule has 22 heavy (non-hydrogen) atoms. The molecule has 0 aliphatic carbocycles. The SMILES string of the molecule is CN=C(NCc1ncc(C(C)(C)C)o1)NCC1(C)CCCO1. The van der Waals surface area contributed by atoms with Crippen molar-refractivity contribution in [3.8, 4) is 0 Å². The fraction of sp³-hybridized carbons (Fsp3) is 0.750. The van der Waals surface area contributed by atoms with Crippen molar-refractivity contribution < 1.29 is 9.15 Å². The molecule has 124 valence electrons. The monoisotopic (exact) mass is 308 g/mol. The molecule has 1 aromatic heterocycles. The van der Waals surface area contributed by atoms with Crippen LogP contribution < -0.4 is 10.6 Å². The van der Waals surface area contributed by atoms with Crippen LogP contribution in [0.25, 0.3) is 0 Å². The van der Waals surface area contributed by atoms with Crippen molar-refractivity contribution in [2.45, 2.75) is 58.1 Å². The van der Waals surface area contributed by atoms with Gasteiger partial charge in [0, 0.05) is 25.6 Å². The van der Waals surface area contributed by atoms with Gasteiger partial charge in [0.2, 0.25) is 5.89 Å². The summed E-state index contributed by atoms with van der Waals surface area (Å²) in [4.78, 5) is 8.52. The molecule has 6 nitrogen and oxygen atoms in total. The molecule has 1 aromatic rings. The van der Waals surface area contributed by atoms with Crippen LogP contribution in [0, 0.1) is 0 Å². The van der Waals surface area contributed by atoms with Gasteiger partial charge in [-0.3, -0.25) is 4.99 Å². The van der Waals surface area contributed by atoms with Crippen LogP contribution in [-0.2, 0) is 16.7 Å². The Balaban J connectivity index is 1.82. The lowest BCUT2D eigenvalue weighted by molar-refractivity contribution is 0.0243. The van der Waals surface area contributed by atoms with Crippen molar-refractivity contribution in [2.24, 2.45) is 4.99 Å². The predicted molar refractivity (Wildman–Crippen MR) is 87.0 cm³/mol. The predicted octanol–water partition coefficient (Wildman–Crippen LogP) is 2.21. The quantitative estimate of drug-likeness (QED) is 0.659. The number of oxazole rings is 1. The Morgan fingerprint density at radius 3 is 2.73 bits per heavy atom. The fourth-order valence-corrected chi connectivity index (χ4v) is 2.37. The van der Waals surface area contributed by atoms with Crippen molar-refractivity contribution in [1.82, 2.24) is 15.6 Å². The lowest BCUT2D eigenvalue weighted by atomic mass is 9.94. The number of aliphatic imine (C=N–C) groups is 1. The maximum Gasteiger partial charge on any atom is 0.213 e. The molecule has 0 bridgehead atoms. The molecule has 2 N–H and O–H groups in total. The van der Waals surface area contributed by atoms with E-state index in [1.54, 1.807) is 13.2 Å². The molecular weight excluding hydrogens is 280 g/mol. The van der Waals surface area contributed by atoms with Crippen LogP contribution in [0.4, 0.5) is 0 Å². The average molecular weight is 308 g/mol. The van der Waals surface area contributed by atoms with Gasteiger partial charge in [0.1, 0.15) is 5.76 Å². The first-order chi connectivity index (χ1) is 10.3. The molecule has 0 radical (unpaired) electrons. The maximum absolute atomic E-state index is 5.76. The third kappa shape index (κ3) is 4.47. The highest BCUT2D eigenvalue weighted by atomic mass is 16.5. The van der Waals surface area contributed by atoms with Gasteiger partial charge in [0.25, 0.3) is 0 Å². The molecule has 1 unspecified atom stereocenters. The highest BCUT2D eigenvalue weighted by Gasteiger charge is 2.29. The van der Waals surface area contributed by atoms with Crippen molar-refractivity contribution in [1.29, 1.82) is 0 Å². The molecule has 1 aliphatic heterocycles. The molecule has 0 amide bonds. The first-order valence-electron chi connectivity index (χ1n) is 7.86. The van der Waals surface area contributed by atoms with E-state index in [9.17, 15) is 0 Å². The highest BCUT2D eigenvalue weighted by molar-refractivity contribution is 5.79. The highest BCUT2D eigenvalue weighted by Crippen LogP contribution is 2.24. The Bertz CT molecular complexity index is 510. The zero-order chi connectivity index (χ0) is 16.2. The van der Waals surface area contributed by atoms with Crippen LogP contribution in [-0.4, -0.2) is 36.7 Å². The molecule has 1 fully saturated rings. The van der Waals surface area contributed by atoms with Crippen molar-refractivity contribution in [2.75, 3.05) is 20.2 Å². The summed E-state index contributed by atoms with van der Waals surface area (Å²) < 4.78 is 11.5. The van der Waals surface area contributed by atoms with E-state index in [-0.39, 0.29) is 11.0 Å². The maximum atomic E-state index is 5.76. The number of ether oxygens (including phenoxy) is 1. The van der Waals surface area contributed by atoms with Crippen molar-refractivity contribution in [3.63, 3.8) is 0 Å². The third-order valence-corrected chi connectivity index (χ3v) is 3.85. The molecule has 2 rings (SSSR count). The number of guanidine groups is 1. The number of hydrogen-bond donors (Lipinski definition) is 2. The Morgan fingerprint density at radius 2 is 2.18 bits per heavy atom. The normalized spacial score (nSPS) is 22.9. The van der Waals surface area contributed by atoms with Gasteiger partial charge in [-0.2, -0.15) is 0 Å². The zero-order valence-corrected chi connectivity index (χ0v) is 14.3. The van der Waals surface area contributed by atoms with Gasteiger partial charge in [-0.25, -0.2) is 4.98 Å². The summed E-state index contributed by atoms with van der Waals surface area (Å²) in [6.07, 6.45) is 3.99. The minimum Gasteiger partial charge on any atom is -0.443 e. The van der Waals surface area contributed by atoms with Gasteiger partial charge >= 0.3 is 0 Å². The summed E-state index contributed by atoms with van der Waals surface area (Å²) in [5.74, 6) is 2.28. The lowest BCUT2D eigenvalue weighted by Gasteiger charge is -2.24. The molecule has 1 aliphatic rings. The smallest absolute Gasteiger partial charge is 0.213 e. The third-order valence-electron chi connectivity index (χ3n) is 3.85. The van der Waals surface area contributed by atoms with E-state index in [0.717, 1.165) is 37.7 Å². The summed E-state index contributed by atoms with van der Waals surface area (Å²) in [5, 5.41) is 6.52. The number of rotatable bonds is 4. The summed E-state index contributed by atoms with van der Waals surface area (Å²) in [6.45, 7) is 10.5. The number of hydrogen-bond acceptors (Lipinski definition) is 4. The number of nitrogens with one attached hydrogen (secondary N) is 2. The summed E-state index contributed by atoms with van der Waals surface area (Å²) in [5.41, 5.74) is -0.125. The van der Waals surface area contributed by atoms with Crippen LogP contribution in [0.5, 0.6) is 0 Å². The topological polar surface area (TPSA) is 71.7 Å². The minimum atomic E-state index is -0.0973. The minimum absolute atomic E-state index is 0.0282. The summed E-state index contributed by atoms with van der Waals surface area (Å²) in [7, 11) is 1.75. The number of aromatic nitrogens is 1. The van der Waals surface area contributed by atoms with Gasteiger partial charge in [0.05, 0.1) is 18.3 Å². The average Bonchev–Trinajstić information content (AvgIpc) is 3.08. The van der Waals surface area contributed by atoms with Crippen LogP contribution in [0.3, 0.4) is 0 Å². The van der Waals surface area contributed by atoms with E-state index in [1.165, 1.54) is 0 Å². The van der Waals surface area contributed by atoms with E-state index >= 15 is 0 Å². The van der Waals surface area contributed by atoms with Crippen molar-refractivity contribution in [3.05, 3.63) is 17.8 Å². The Hall–Kier alpha value is -1.56. The van der Waals surface area contributed by atoms with Crippen LogP contribution in [0.15, 0.2) is 15.6 Å². The van der Waals surface area contributed by atoms with Gasteiger partial charge < -0.3 is 19.8 Å². The standard InChI is InChI=1S/C16H28N4O2/c1-15(2,3)12-9-18-13(22-12)10-19-14(17-5)20-11-16(4)7-6-8-21-16/h9H,6-8,10-11H2,1-5H3,(H2,17,19,20). The molecule has 0 saturated carbocycles. The molecule has 2 heterocycles. The van der Waals surface area contributed by atoms with E-state index in [4.69, 9.17) is 9.15 Å². The van der Waals surface area contributed by atoms with Gasteiger partial charge in [-0.1, -0.05) is 20.8 Å². The molecule has 6 heteroatoms. The van der Waals surface area contributed by atoms with E-state index in [0.29, 0.717) is 12.4 Å². The second-order valence-electron chi connectivity index (χ2n) is 7.05. The second kappa shape index (κ2) is 6.69. The first-order valence-corrected chi connectivity index (χ1v) is 7.86.